The SMILES string of the molecule is COc1cc(C)nc(NC(=O)c2cn(-c3ccccc3)nc2-c2cccs2)n1. The fourth-order valence-corrected chi connectivity index (χ4v) is 3.44. The van der Waals surface area contributed by atoms with Gasteiger partial charge >= 0.3 is 0 Å². The van der Waals surface area contributed by atoms with Crippen molar-refractivity contribution in [1.29, 1.82) is 0 Å². The normalized spacial score (nSPS) is 10.6. The second kappa shape index (κ2) is 7.61. The van der Waals surface area contributed by atoms with Crippen LogP contribution in [0, 0.1) is 6.92 Å². The lowest BCUT2D eigenvalue weighted by Crippen LogP contribution is -2.15. The molecule has 0 spiro atoms. The van der Waals surface area contributed by atoms with Crippen molar-refractivity contribution >= 4 is 23.2 Å². The maximum atomic E-state index is 13.0. The van der Waals surface area contributed by atoms with Crippen molar-refractivity contribution in [2.24, 2.45) is 0 Å². The molecule has 0 fully saturated rings. The lowest BCUT2D eigenvalue weighted by Gasteiger charge is -2.06. The number of para-hydroxylation sites is 1. The number of carbonyl (C=O) groups is 1. The van der Waals surface area contributed by atoms with Crippen molar-refractivity contribution in [2.75, 3.05) is 12.4 Å². The summed E-state index contributed by atoms with van der Waals surface area (Å²) < 4.78 is 6.85. The molecule has 4 rings (SSSR count). The van der Waals surface area contributed by atoms with Gasteiger partial charge < -0.3 is 4.74 Å². The number of hydrogen-bond donors (Lipinski definition) is 1. The van der Waals surface area contributed by atoms with E-state index in [0.29, 0.717) is 22.8 Å². The van der Waals surface area contributed by atoms with Crippen molar-refractivity contribution in [3.63, 3.8) is 0 Å². The molecular weight excluding hydrogens is 374 g/mol. The molecule has 1 N–H and O–H groups in total. The number of methoxy groups -OCH3 is 1. The molecule has 4 aromatic rings. The summed E-state index contributed by atoms with van der Waals surface area (Å²) in [5.41, 5.74) is 2.61. The number of benzene rings is 1. The average molecular weight is 391 g/mol. The van der Waals surface area contributed by atoms with Crippen LogP contribution >= 0.6 is 11.3 Å². The number of nitrogens with zero attached hydrogens (tertiary/aromatic N) is 4. The van der Waals surface area contributed by atoms with Gasteiger partial charge in [-0.15, -0.1) is 11.3 Å². The number of nitrogens with one attached hydrogen (secondary N) is 1. The van der Waals surface area contributed by atoms with E-state index in [-0.39, 0.29) is 11.9 Å². The first kappa shape index (κ1) is 17.9. The molecule has 0 unspecified atom stereocenters. The number of hydrogen-bond acceptors (Lipinski definition) is 6. The van der Waals surface area contributed by atoms with Gasteiger partial charge in [-0.3, -0.25) is 10.1 Å². The molecule has 3 heterocycles. The van der Waals surface area contributed by atoms with Crippen molar-refractivity contribution < 1.29 is 9.53 Å². The molecule has 0 radical (unpaired) electrons. The molecule has 1 aromatic carbocycles. The van der Waals surface area contributed by atoms with Gasteiger partial charge in [0.1, 0.15) is 5.69 Å². The molecule has 0 aliphatic heterocycles. The Labute approximate surface area is 165 Å². The number of aromatic nitrogens is 4. The van der Waals surface area contributed by atoms with Gasteiger partial charge in [-0.05, 0) is 30.5 Å². The van der Waals surface area contributed by atoms with Crippen LogP contribution in [0.15, 0.2) is 60.1 Å². The zero-order valence-electron chi connectivity index (χ0n) is 15.3. The highest BCUT2D eigenvalue weighted by Gasteiger charge is 2.20. The highest BCUT2D eigenvalue weighted by Crippen LogP contribution is 2.28. The highest BCUT2D eigenvalue weighted by atomic mass is 32.1. The van der Waals surface area contributed by atoms with Gasteiger partial charge in [0.15, 0.2) is 0 Å². The van der Waals surface area contributed by atoms with Crippen LogP contribution in [-0.2, 0) is 0 Å². The van der Waals surface area contributed by atoms with E-state index in [1.54, 1.807) is 16.9 Å². The Morgan fingerprint density at radius 2 is 1.96 bits per heavy atom. The minimum atomic E-state index is -0.335. The second-order valence-electron chi connectivity index (χ2n) is 5.98. The van der Waals surface area contributed by atoms with E-state index in [1.807, 2.05) is 54.8 Å². The first-order valence-electron chi connectivity index (χ1n) is 8.54. The lowest BCUT2D eigenvalue weighted by atomic mass is 10.2. The third-order valence-electron chi connectivity index (χ3n) is 4.00. The van der Waals surface area contributed by atoms with Crippen molar-refractivity contribution in [3.05, 3.63) is 71.4 Å². The van der Waals surface area contributed by atoms with Crippen molar-refractivity contribution in [3.8, 4) is 22.1 Å². The first-order chi connectivity index (χ1) is 13.6. The maximum absolute atomic E-state index is 13.0. The van der Waals surface area contributed by atoms with Crippen LogP contribution in [0.1, 0.15) is 16.1 Å². The van der Waals surface area contributed by atoms with Gasteiger partial charge in [-0.25, -0.2) is 9.67 Å². The quantitative estimate of drug-likeness (QED) is 0.557. The van der Waals surface area contributed by atoms with Gasteiger partial charge in [0.05, 0.1) is 23.2 Å². The monoisotopic (exact) mass is 391 g/mol. The van der Waals surface area contributed by atoms with Crippen molar-refractivity contribution in [1.82, 2.24) is 19.7 Å². The molecule has 3 aromatic heterocycles. The van der Waals surface area contributed by atoms with E-state index < -0.39 is 0 Å². The average Bonchev–Trinajstić information content (AvgIpc) is 3.38. The summed E-state index contributed by atoms with van der Waals surface area (Å²) in [6.07, 6.45) is 1.72. The van der Waals surface area contributed by atoms with Crippen molar-refractivity contribution in [2.45, 2.75) is 6.92 Å². The molecule has 0 aliphatic rings. The number of rotatable bonds is 5. The van der Waals surface area contributed by atoms with Crippen LogP contribution in [0.4, 0.5) is 5.95 Å². The Kier molecular flexibility index (Phi) is 4.86. The standard InChI is InChI=1S/C20H17N5O2S/c1-13-11-17(27-2)22-20(21-13)23-19(26)15-12-25(14-7-4-3-5-8-14)24-18(15)16-9-6-10-28-16/h3-12H,1-2H3,(H,21,22,23,26). The summed E-state index contributed by atoms with van der Waals surface area (Å²) in [5.74, 6) is 0.242. The smallest absolute Gasteiger partial charge is 0.261 e. The third-order valence-corrected chi connectivity index (χ3v) is 4.88. The molecule has 8 heteroatoms. The predicted molar refractivity (Wildman–Crippen MR) is 108 cm³/mol. The Morgan fingerprint density at radius 1 is 1.14 bits per heavy atom. The fourth-order valence-electron chi connectivity index (χ4n) is 2.72. The number of carbonyl (C=O) groups excluding carboxylic acids is 1. The summed E-state index contributed by atoms with van der Waals surface area (Å²) in [4.78, 5) is 22.4. The van der Waals surface area contributed by atoms with Gasteiger partial charge in [-0.1, -0.05) is 24.3 Å². The second-order valence-corrected chi connectivity index (χ2v) is 6.93. The van der Waals surface area contributed by atoms with Crippen LogP contribution in [0.3, 0.4) is 0 Å². The number of aryl methyl sites for hydroxylation is 1. The molecule has 0 atom stereocenters. The van der Waals surface area contributed by atoms with Gasteiger partial charge in [0, 0.05) is 18.0 Å². The largest absolute Gasteiger partial charge is 0.481 e. The number of anilines is 1. The molecule has 0 bridgehead atoms. The predicted octanol–water partition coefficient (Wildman–Crippen LogP) is 3.96. The van der Waals surface area contributed by atoms with Crippen LogP contribution < -0.4 is 10.1 Å². The summed E-state index contributed by atoms with van der Waals surface area (Å²) in [6, 6.07) is 15.2. The fraction of sp³-hybridized carbons (Fsp3) is 0.100. The minimum absolute atomic E-state index is 0.187. The zero-order chi connectivity index (χ0) is 19.5. The van der Waals surface area contributed by atoms with E-state index >= 15 is 0 Å². The van der Waals surface area contributed by atoms with Gasteiger partial charge in [0.2, 0.25) is 11.8 Å². The lowest BCUT2D eigenvalue weighted by molar-refractivity contribution is 0.102. The van der Waals surface area contributed by atoms with E-state index in [1.165, 1.54) is 18.4 Å². The highest BCUT2D eigenvalue weighted by molar-refractivity contribution is 7.13. The Bertz CT molecular complexity index is 1110. The Morgan fingerprint density at radius 3 is 2.68 bits per heavy atom. The summed E-state index contributed by atoms with van der Waals surface area (Å²) >= 11 is 1.52. The first-order valence-corrected chi connectivity index (χ1v) is 9.42. The maximum Gasteiger partial charge on any atom is 0.261 e. The summed E-state index contributed by atoms with van der Waals surface area (Å²) in [5, 5.41) is 9.34. The zero-order valence-corrected chi connectivity index (χ0v) is 16.1. The van der Waals surface area contributed by atoms with E-state index in [2.05, 4.69) is 20.4 Å². The molecule has 0 saturated heterocycles. The van der Waals surface area contributed by atoms with Gasteiger partial charge in [0.25, 0.3) is 5.91 Å². The van der Waals surface area contributed by atoms with Crippen LogP contribution in [0.2, 0.25) is 0 Å². The molecular formula is C20H17N5O2S. The van der Waals surface area contributed by atoms with E-state index in [4.69, 9.17) is 4.74 Å². The van der Waals surface area contributed by atoms with Crippen LogP contribution in [0.25, 0.3) is 16.3 Å². The molecule has 28 heavy (non-hydrogen) atoms. The molecule has 7 nitrogen and oxygen atoms in total. The summed E-state index contributed by atoms with van der Waals surface area (Å²) in [6.45, 7) is 1.81. The minimum Gasteiger partial charge on any atom is -0.481 e. The molecule has 140 valence electrons. The van der Waals surface area contributed by atoms with Gasteiger partial charge in [-0.2, -0.15) is 10.1 Å². The number of amides is 1. The molecule has 0 saturated carbocycles. The number of thiophene rings is 1. The third kappa shape index (κ3) is 3.63. The Hall–Kier alpha value is -3.52. The van der Waals surface area contributed by atoms with Crippen LogP contribution in [-0.4, -0.2) is 32.8 Å². The molecule has 1 amide bonds. The summed E-state index contributed by atoms with van der Waals surface area (Å²) in [7, 11) is 1.52. The van der Waals surface area contributed by atoms with Crippen LogP contribution in [0.5, 0.6) is 5.88 Å². The Balaban J connectivity index is 1.72. The number of ether oxygens (including phenoxy) is 1. The van der Waals surface area contributed by atoms with E-state index in [9.17, 15) is 4.79 Å². The molecule has 0 aliphatic carbocycles. The topological polar surface area (TPSA) is 81.9 Å². The van der Waals surface area contributed by atoms with E-state index in [0.717, 1.165) is 10.6 Å².